The number of aliphatic hydroxyl groups excluding tert-OH is 1. The first kappa shape index (κ1) is 15.0. The van der Waals surface area contributed by atoms with Crippen molar-refractivity contribution in [2.24, 2.45) is 0 Å². The van der Waals surface area contributed by atoms with Crippen LogP contribution in [0.5, 0.6) is 0 Å². The number of hydrogen-bond donors (Lipinski definition) is 1. The standard InChI is InChI=1S/C17H17FN2O/c1-12(21)17-15(18)7-4-8-16(17)20(2)11-14-6-3-5-13(9-14)10-19/h3-9,12,21H,11H2,1-2H3/t12-/m1/s1. The molecule has 3 nitrogen and oxygen atoms in total. The summed E-state index contributed by atoms with van der Waals surface area (Å²) in [5, 5.41) is 18.7. The van der Waals surface area contributed by atoms with Crippen molar-refractivity contribution in [2.45, 2.75) is 19.6 Å². The first-order chi connectivity index (χ1) is 10.0. The Morgan fingerprint density at radius 2 is 2.00 bits per heavy atom. The molecule has 2 aromatic rings. The van der Waals surface area contributed by atoms with Crippen molar-refractivity contribution in [1.82, 2.24) is 0 Å². The van der Waals surface area contributed by atoms with Crippen molar-refractivity contribution in [3.63, 3.8) is 0 Å². The van der Waals surface area contributed by atoms with E-state index in [0.29, 0.717) is 17.8 Å². The summed E-state index contributed by atoms with van der Waals surface area (Å²) in [6.07, 6.45) is -0.880. The molecule has 0 amide bonds. The lowest BCUT2D eigenvalue weighted by atomic mass is 10.1. The Kier molecular flexibility index (Phi) is 4.56. The zero-order valence-corrected chi connectivity index (χ0v) is 12.0. The van der Waals surface area contributed by atoms with Gasteiger partial charge in [0.05, 0.1) is 17.7 Å². The zero-order valence-electron chi connectivity index (χ0n) is 12.0. The minimum absolute atomic E-state index is 0.288. The summed E-state index contributed by atoms with van der Waals surface area (Å²) in [7, 11) is 1.83. The van der Waals surface area contributed by atoms with Gasteiger partial charge in [0.1, 0.15) is 5.82 Å². The fourth-order valence-electron chi connectivity index (χ4n) is 2.37. The predicted octanol–water partition coefficient (Wildman–Crippen LogP) is 3.39. The van der Waals surface area contributed by atoms with Gasteiger partial charge in [-0.05, 0) is 36.8 Å². The second kappa shape index (κ2) is 6.38. The molecule has 0 spiro atoms. The van der Waals surface area contributed by atoms with Gasteiger partial charge in [-0.3, -0.25) is 0 Å². The van der Waals surface area contributed by atoms with E-state index in [1.165, 1.54) is 6.07 Å². The third-order valence-electron chi connectivity index (χ3n) is 3.33. The summed E-state index contributed by atoms with van der Waals surface area (Å²) in [6.45, 7) is 2.07. The number of halogens is 1. The lowest BCUT2D eigenvalue weighted by molar-refractivity contribution is 0.194. The molecule has 0 radical (unpaired) electrons. The summed E-state index contributed by atoms with van der Waals surface area (Å²) < 4.78 is 13.9. The molecule has 0 fully saturated rings. The van der Waals surface area contributed by atoms with Gasteiger partial charge < -0.3 is 10.0 Å². The highest BCUT2D eigenvalue weighted by molar-refractivity contribution is 5.55. The maximum atomic E-state index is 13.9. The largest absolute Gasteiger partial charge is 0.389 e. The molecule has 0 aliphatic carbocycles. The Hall–Kier alpha value is -2.38. The molecule has 0 aromatic heterocycles. The van der Waals surface area contributed by atoms with Crippen LogP contribution in [0.15, 0.2) is 42.5 Å². The Labute approximate surface area is 123 Å². The van der Waals surface area contributed by atoms with Crippen LogP contribution in [0.4, 0.5) is 10.1 Å². The van der Waals surface area contributed by atoms with Crippen molar-refractivity contribution in [3.8, 4) is 6.07 Å². The zero-order chi connectivity index (χ0) is 15.4. The van der Waals surface area contributed by atoms with Crippen LogP contribution in [0, 0.1) is 17.1 Å². The van der Waals surface area contributed by atoms with Crippen LogP contribution in [0.25, 0.3) is 0 Å². The second-order valence-corrected chi connectivity index (χ2v) is 5.02. The van der Waals surface area contributed by atoms with Gasteiger partial charge in [0.2, 0.25) is 0 Å². The van der Waals surface area contributed by atoms with E-state index < -0.39 is 11.9 Å². The summed E-state index contributed by atoms with van der Waals surface area (Å²) in [4.78, 5) is 1.86. The molecule has 0 saturated carbocycles. The van der Waals surface area contributed by atoms with Crippen LogP contribution < -0.4 is 4.90 Å². The van der Waals surface area contributed by atoms with E-state index in [1.807, 2.05) is 24.1 Å². The van der Waals surface area contributed by atoms with E-state index >= 15 is 0 Å². The lowest BCUT2D eigenvalue weighted by Gasteiger charge is -2.24. The van der Waals surface area contributed by atoms with Crippen molar-refractivity contribution >= 4 is 5.69 Å². The van der Waals surface area contributed by atoms with Crippen LogP contribution in [-0.4, -0.2) is 12.2 Å². The highest BCUT2D eigenvalue weighted by atomic mass is 19.1. The Morgan fingerprint density at radius 3 is 2.67 bits per heavy atom. The molecule has 0 aliphatic rings. The van der Waals surface area contributed by atoms with Gasteiger partial charge in [0, 0.05) is 24.8 Å². The van der Waals surface area contributed by atoms with Gasteiger partial charge in [-0.25, -0.2) is 4.39 Å². The number of benzene rings is 2. The molecule has 4 heteroatoms. The van der Waals surface area contributed by atoms with E-state index in [0.717, 1.165) is 5.56 Å². The number of nitriles is 1. The number of aliphatic hydroxyl groups is 1. The fraction of sp³-hybridized carbons (Fsp3) is 0.235. The van der Waals surface area contributed by atoms with Crippen LogP contribution >= 0.6 is 0 Å². The molecule has 1 atom stereocenters. The molecular weight excluding hydrogens is 267 g/mol. The molecule has 0 aliphatic heterocycles. The van der Waals surface area contributed by atoms with Gasteiger partial charge >= 0.3 is 0 Å². The quantitative estimate of drug-likeness (QED) is 0.936. The number of rotatable bonds is 4. The molecular formula is C17H17FN2O. The Bertz CT molecular complexity index is 677. The molecule has 21 heavy (non-hydrogen) atoms. The molecule has 0 heterocycles. The number of hydrogen-bond acceptors (Lipinski definition) is 3. The van der Waals surface area contributed by atoms with Gasteiger partial charge in [-0.2, -0.15) is 5.26 Å². The summed E-state index contributed by atoms with van der Waals surface area (Å²) in [5.74, 6) is -0.417. The molecule has 0 bridgehead atoms. The van der Waals surface area contributed by atoms with Crippen molar-refractivity contribution < 1.29 is 9.50 Å². The first-order valence-electron chi connectivity index (χ1n) is 6.69. The molecule has 2 rings (SSSR count). The minimum Gasteiger partial charge on any atom is -0.389 e. The van der Waals surface area contributed by atoms with Crippen molar-refractivity contribution in [2.75, 3.05) is 11.9 Å². The predicted molar refractivity (Wildman–Crippen MR) is 80.3 cm³/mol. The Balaban J connectivity index is 2.30. The number of nitrogens with zero attached hydrogens (tertiary/aromatic N) is 2. The normalized spacial score (nSPS) is 11.8. The summed E-state index contributed by atoms with van der Waals surface area (Å²) in [5.41, 5.74) is 2.48. The third-order valence-corrected chi connectivity index (χ3v) is 3.33. The van der Waals surface area contributed by atoms with Gasteiger partial charge in [0.15, 0.2) is 0 Å². The Morgan fingerprint density at radius 1 is 1.29 bits per heavy atom. The van der Waals surface area contributed by atoms with E-state index in [2.05, 4.69) is 6.07 Å². The van der Waals surface area contributed by atoms with E-state index in [4.69, 9.17) is 5.26 Å². The average Bonchev–Trinajstić information content (AvgIpc) is 2.46. The minimum atomic E-state index is -0.880. The molecule has 108 valence electrons. The van der Waals surface area contributed by atoms with Crippen LogP contribution in [0.2, 0.25) is 0 Å². The highest BCUT2D eigenvalue weighted by Gasteiger charge is 2.16. The third kappa shape index (κ3) is 3.39. The van der Waals surface area contributed by atoms with Gasteiger partial charge in [-0.1, -0.05) is 18.2 Å². The van der Waals surface area contributed by atoms with Crippen LogP contribution in [-0.2, 0) is 6.54 Å². The van der Waals surface area contributed by atoms with E-state index in [9.17, 15) is 9.50 Å². The van der Waals surface area contributed by atoms with Crippen molar-refractivity contribution in [1.29, 1.82) is 5.26 Å². The molecule has 0 saturated heterocycles. The molecule has 2 aromatic carbocycles. The second-order valence-electron chi connectivity index (χ2n) is 5.02. The first-order valence-corrected chi connectivity index (χ1v) is 6.69. The maximum Gasteiger partial charge on any atom is 0.131 e. The van der Waals surface area contributed by atoms with Gasteiger partial charge in [-0.15, -0.1) is 0 Å². The fourth-order valence-corrected chi connectivity index (χ4v) is 2.37. The topological polar surface area (TPSA) is 47.3 Å². The monoisotopic (exact) mass is 284 g/mol. The smallest absolute Gasteiger partial charge is 0.131 e. The van der Waals surface area contributed by atoms with Crippen molar-refractivity contribution in [3.05, 3.63) is 65.0 Å². The molecule has 0 unspecified atom stereocenters. The summed E-state index contributed by atoms with van der Waals surface area (Å²) in [6, 6.07) is 14.1. The summed E-state index contributed by atoms with van der Waals surface area (Å²) >= 11 is 0. The van der Waals surface area contributed by atoms with E-state index in [1.54, 1.807) is 31.2 Å². The average molecular weight is 284 g/mol. The lowest BCUT2D eigenvalue weighted by Crippen LogP contribution is -2.19. The van der Waals surface area contributed by atoms with Crippen LogP contribution in [0.3, 0.4) is 0 Å². The highest BCUT2D eigenvalue weighted by Crippen LogP contribution is 2.29. The maximum absolute atomic E-state index is 13.9. The SMILES string of the molecule is C[C@@H](O)c1c(F)cccc1N(C)Cc1cccc(C#N)c1. The van der Waals surface area contributed by atoms with Gasteiger partial charge in [0.25, 0.3) is 0 Å². The van der Waals surface area contributed by atoms with E-state index in [-0.39, 0.29) is 5.56 Å². The molecule has 1 N–H and O–H groups in total. The number of anilines is 1. The van der Waals surface area contributed by atoms with Crippen LogP contribution in [0.1, 0.15) is 29.7 Å².